The van der Waals surface area contributed by atoms with Crippen LogP contribution in [0.5, 0.6) is 0 Å². The highest BCUT2D eigenvalue weighted by Crippen LogP contribution is 2.14. The third-order valence-electron chi connectivity index (χ3n) is 2.97. The second-order valence-corrected chi connectivity index (χ2v) is 5.14. The lowest BCUT2D eigenvalue weighted by molar-refractivity contribution is -0.119. The summed E-state index contributed by atoms with van der Waals surface area (Å²) >= 11 is 5.34. The molecule has 1 aromatic heterocycles. The number of fused-ring (bicyclic) bond motifs is 1. The number of benzene rings is 1. The van der Waals surface area contributed by atoms with E-state index < -0.39 is 11.8 Å². The largest absolute Gasteiger partial charge is 0.290 e. The molecule has 2 rings (SSSR count). The number of hydrogen-bond donors (Lipinski definition) is 2. The molecule has 0 saturated carbocycles. The minimum absolute atomic E-state index is 0.0544. The molecule has 2 amide bonds. The Balaban J connectivity index is 2.53. The third-order valence-corrected chi connectivity index (χ3v) is 3.21. The van der Waals surface area contributed by atoms with Crippen molar-refractivity contribution < 1.29 is 9.59 Å². The van der Waals surface area contributed by atoms with Gasteiger partial charge in [-0.1, -0.05) is 18.2 Å². The fraction of sp³-hybridized carbons (Fsp3) is 0.286. The second kappa shape index (κ2) is 6.57. The molecule has 0 spiro atoms. The van der Waals surface area contributed by atoms with Crippen LogP contribution < -0.4 is 16.4 Å². The molecule has 0 fully saturated rings. The van der Waals surface area contributed by atoms with Gasteiger partial charge in [-0.3, -0.25) is 25.2 Å². The van der Waals surface area contributed by atoms with E-state index in [4.69, 9.17) is 11.6 Å². The number of alkyl halides is 1. The number of rotatable bonds is 3. The molecule has 0 bridgehead atoms. The van der Waals surface area contributed by atoms with Gasteiger partial charge in [0.05, 0.1) is 11.4 Å². The van der Waals surface area contributed by atoms with E-state index in [-0.39, 0.29) is 23.2 Å². The zero-order chi connectivity index (χ0) is 16.3. The van der Waals surface area contributed by atoms with Gasteiger partial charge in [-0.15, -0.1) is 11.6 Å². The summed E-state index contributed by atoms with van der Waals surface area (Å²) in [5, 5.41) is 4.92. The Hall–Kier alpha value is -2.41. The number of aromatic nitrogens is 2. The average molecular weight is 323 g/mol. The van der Waals surface area contributed by atoms with Gasteiger partial charge >= 0.3 is 0 Å². The molecule has 2 aromatic rings. The molecule has 7 nitrogen and oxygen atoms in total. The van der Waals surface area contributed by atoms with Crippen LogP contribution in [-0.4, -0.2) is 27.5 Å². The minimum atomic E-state index is -0.621. The lowest BCUT2D eigenvalue weighted by Crippen LogP contribution is -2.43. The smallest absolute Gasteiger partial charge is 0.272 e. The maximum atomic E-state index is 12.3. The van der Waals surface area contributed by atoms with Gasteiger partial charge in [0.2, 0.25) is 0 Å². The van der Waals surface area contributed by atoms with Crippen molar-refractivity contribution in [1.29, 1.82) is 0 Å². The van der Waals surface area contributed by atoms with E-state index in [9.17, 15) is 14.4 Å². The van der Waals surface area contributed by atoms with E-state index in [1.165, 1.54) is 4.68 Å². The maximum Gasteiger partial charge on any atom is 0.290 e. The Morgan fingerprint density at radius 1 is 1.23 bits per heavy atom. The Bertz CT molecular complexity index is 785. The normalized spacial score (nSPS) is 10.7. The van der Waals surface area contributed by atoms with Crippen molar-refractivity contribution >= 4 is 34.2 Å². The van der Waals surface area contributed by atoms with Crippen molar-refractivity contribution in [3.8, 4) is 0 Å². The second-order valence-electron chi connectivity index (χ2n) is 4.87. The number of halogens is 1. The van der Waals surface area contributed by atoms with Crippen LogP contribution in [0.2, 0.25) is 0 Å². The van der Waals surface area contributed by atoms with Gasteiger partial charge in [-0.05, 0) is 19.9 Å². The van der Waals surface area contributed by atoms with Crippen LogP contribution in [0.3, 0.4) is 0 Å². The number of hydrogen-bond acceptors (Lipinski definition) is 4. The lowest BCUT2D eigenvalue weighted by Gasteiger charge is -2.13. The summed E-state index contributed by atoms with van der Waals surface area (Å²) in [6.07, 6.45) is 0. The summed E-state index contributed by atoms with van der Waals surface area (Å²) in [4.78, 5) is 35.7. The van der Waals surface area contributed by atoms with Gasteiger partial charge in [0, 0.05) is 5.39 Å². The van der Waals surface area contributed by atoms with Crippen molar-refractivity contribution in [3.05, 3.63) is 40.3 Å². The minimum Gasteiger partial charge on any atom is -0.272 e. The lowest BCUT2D eigenvalue weighted by atomic mass is 10.1. The van der Waals surface area contributed by atoms with Crippen LogP contribution in [0.15, 0.2) is 29.1 Å². The number of hydrazine groups is 1. The van der Waals surface area contributed by atoms with Gasteiger partial charge < -0.3 is 0 Å². The molecular weight excluding hydrogens is 308 g/mol. The Morgan fingerprint density at radius 3 is 2.45 bits per heavy atom. The Kier molecular flexibility index (Phi) is 4.77. The Morgan fingerprint density at radius 2 is 1.86 bits per heavy atom. The molecule has 8 heteroatoms. The van der Waals surface area contributed by atoms with Crippen molar-refractivity contribution in [3.63, 3.8) is 0 Å². The quantitative estimate of drug-likeness (QED) is 0.650. The van der Waals surface area contributed by atoms with Crippen molar-refractivity contribution in [2.75, 3.05) is 5.88 Å². The molecule has 0 radical (unpaired) electrons. The first kappa shape index (κ1) is 16.0. The van der Waals surface area contributed by atoms with Gasteiger partial charge in [0.1, 0.15) is 5.88 Å². The van der Waals surface area contributed by atoms with E-state index in [0.29, 0.717) is 10.8 Å². The number of amides is 2. The molecule has 1 heterocycles. The molecular formula is C14H15ClN4O3. The topological polar surface area (TPSA) is 93.1 Å². The van der Waals surface area contributed by atoms with E-state index in [1.807, 2.05) is 0 Å². The molecule has 1 aromatic carbocycles. The van der Waals surface area contributed by atoms with Gasteiger partial charge in [-0.2, -0.15) is 5.10 Å². The van der Waals surface area contributed by atoms with Crippen LogP contribution in [0.25, 0.3) is 10.8 Å². The zero-order valence-electron chi connectivity index (χ0n) is 12.1. The van der Waals surface area contributed by atoms with Crippen LogP contribution in [0, 0.1) is 0 Å². The fourth-order valence-corrected chi connectivity index (χ4v) is 2.01. The average Bonchev–Trinajstić information content (AvgIpc) is 2.52. The number of nitrogens with one attached hydrogen (secondary N) is 2. The van der Waals surface area contributed by atoms with Crippen LogP contribution in [-0.2, 0) is 4.79 Å². The summed E-state index contributed by atoms with van der Waals surface area (Å²) in [5.41, 5.74) is 4.17. The molecule has 0 unspecified atom stereocenters. The molecule has 2 N–H and O–H groups in total. The van der Waals surface area contributed by atoms with Crippen LogP contribution in [0.4, 0.5) is 0 Å². The molecule has 116 valence electrons. The predicted octanol–water partition coefficient (Wildman–Crippen LogP) is 0.977. The molecule has 0 atom stereocenters. The molecule has 0 aliphatic rings. The van der Waals surface area contributed by atoms with Crippen molar-refractivity contribution in [2.45, 2.75) is 19.9 Å². The van der Waals surface area contributed by atoms with Gasteiger partial charge in [-0.25, -0.2) is 4.68 Å². The number of nitrogens with zero attached hydrogens (tertiary/aromatic N) is 2. The van der Waals surface area contributed by atoms with Crippen molar-refractivity contribution in [1.82, 2.24) is 20.6 Å². The Labute approximate surface area is 131 Å². The third kappa shape index (κ3) is 3.09. The first-order chi connectivity index (χ1) is 10.5. The van der Waals surface area contributed by atoms with Gasteiger partial charge in [0.25, 0.3) is 17.4 Å². The molecule has 0 aliphatic heterocycles. The monoisotopic (exact) mass is 322 g/mol. The first-order valence-electron chi connectivity index (χ1n) is 6.62. The molecule has 0 aliphatic carbocycles. The number of carbonyl (C=O) groups excluding carboxylic acids is 2. The fourth-order valence-electron chi connectivity index (χ4n) is 1.94. The number of carbonyl (C=O) groups is 2. The predicted molar refractivity (Wildman–Crippen MR) is 82.7 cm³/mol. The van der Waals surface area contributed by atoms with Crippen LogP contribution in [0.1, 0.15) is 30.4 Å². The molecule has 22 heavy (non-hydrogen) atoms. The van der Waals surface area contributed by atoms with E-state index >= 15 is 0 Å². The maximum absolute atomic E-state index is 12.3. The standard InChI is InChI=1S/C14H15ClN4O3/c1-8(2)19-14(22)10-6-4-3-5-9(10)12(18-19)13(21)17-16-11(20)7-15/h3-6,8H,7H2,1-2H3,(H,16,20)(H,17,21). The van der Waals surface area contributed by atoms with E-state index in [2.05, 4.69) is 16.0 Å². The summed E-state index contributed by atoms with van der Waals surface area (Å²) in [5.74, 6) is -1.44. The highest BCUT2D eigenvalue weighted by molar-refractivity contribution is 6.27. The van der Waals surface area contributed by atoms with Crippen molar-refractivity contribution in [2.24, 2.45) is 0 Å². The zero-order valence-corrected chi connectivity index (χ0v) is 12.8. The summed E-state index contributed by atoms with van der Waals surface area (Å²) < 4.78 is 1.24. The first-order valence-corrected chi connectivity index (χ1v) is 7.16. The SMILES string of the molecule is CC(C)n1nc(C(=O)NNC(=O)CCl)c2ccccc2c1=O. The van der Waals surface area contributed by atoms with E-state index in [0.717, 1.165) is 0 Å². The highest BCUT2D eigenvalue weighted by Gasteiger charge is 2.18. The summed E-state index contributed by atoms with van der Waals surface area (Å²) in [6, 6.07) is 6.47. The highest BCUT2D eigenvalue weighted by atomic mass is 35.5. The molecule has 0 saturated heterocycles. The van der Waals surface area contributed by atoms with Crippen LogP contribution >= 0.6 is 11.6 Å². The summed E-state index contributed by atoms with van der Waals surface area (Å²) in [6.45, 7) is 3.58. The van der Waals surface area contributed by atoms with E-state index in [1.54, 1.807) is 38.1 Å². The van der Waals surface area contributed by atoms with Gasteiger partial charge in [0.15, 0.2) is 5.69 Å². The summed E-state index contributed by atoms with van der Waals surface area (Å²) in [7, 11) is 0.